The highest BCUT2D eigenvalue weighted by Crippen LogP contribution is 2.30. The standard InChI is InChI=1S/C23H29N3O4/c1-23(2,3)18-11-7-8-12-19(18)30-16-22(29)26-25-21(28)14-13-20(27)24-15-17-9-5-4-6-10-17/h4-12H,13-16H2,1-3H3,(H,24,27)(H,25,28)(H,26,29). The first-order valence-electron chi connectivity index (χ1n) is 9.86. The third-order valence-electron chi connectivity index (χ3n) is 4.31. The highest BCUT2D eigenvalue weighted by atomic mass is 16.5. The second-order valence-electron chi connectivity index (χ2n) is 7.89. The van der Waals surface area contributed by atoms with Gasteiger partial charge in [0.25, 0.3) is 5.91 Å². The summed E-state index contributed by atoms with van der Waals surface area (Å²) in [6.45, 7) is 6.36. The number of nitrogens with one attached hydrogen (secondary N) is 3. The summed E-state index contributed by atoms with van der Waals surface area (Å²) in [5, 5.41) is 2.75. The zero-order chi connectivity index (χ0) is 22.0. The van der Waals surface area contributed by atoms with Crippen molar-refractivity contribution in [2.75, 3.05) is 6.61 Å². The molecule has 30 heavy (non-hydrogen) atoms. The van der Waals surface area contributed by atoms with E-state index in [0.717, 1.165) is 11.1 Å². The van der Waals surface area contributed by atoms with Crippen molar-refractivity contribution in [3.05, 3.63) is 65.7 Å². The molecule has 0 radical (unpaired) electrons. The zero-order valence-corrected chi connectivity index (χ0v) is 17.7. The Morgan fingerprint density at radius 3 is 2.10 bits per heavy atom. The summed E-state index contributed by atoms with van der Waals surface area (Å²) in [6, 6.07) is 17.0. The molecule has 2 aromatic carbocycles. The van der Waals surface area contributed by atoms with E-state index in [2.05, 4.69) is 36.9 Å². The van der Waals surface area contributed by atoms with Crippen LogP contribution in [0.3, 0.4) is 0 Å². The Bertz CT molecular complexity index is 860. The smallest absolute Gasteiger partial charge is 0.276 e. The largest absolute Gasteiger partial charge is 0.483 e. The molecule has 160 valence electrons. The fourth-order valence-electron chi connectivity index (χ4n) is 2.71. The fraction of sp³-hybridized carbons (Fsp3) is 0.348. The van der Waals surface area contributed by atoms with E-state index < -0.39 is 11.8 Å². The number of amides is 3. The molecular weight excluding hydrogens is 382 g/mol. The highest BCUT2D eigenvalue weighted by Gasteiger charge is 2.19. The molecule has 0 fully saturated rings. The molecule has 0 heterocycles. The summed E-state index contributed by atoms with van der Waals surface area (Å²) in [5.74, 6) is -0.544. The second kappa shape index (κ2) is 11.0. The van der Waals surface area contributed by atoms with Gasteiger partial charge in [-0.1, -0.05) is 69.3 Å². The van der Waals surface area contributed by atoms with Crippen molar-refractivity contribution >= 4 is 17.7 Å². The van der Waals surface area contributed by atoms with Crippen LogP contribution in [0, 0.1) is 0 Å². The Hall–Kier alpha value is -3.35. The van der Waals surface area contributed by atoms with Crippen molar-refractivity contribution in [3.63, 3.8) is 0 Å². The topological polar surface area (TPSA) is 96.5 Å². The predicted octanol–water partition coefficient (Wildman–Crippen LogP) is 2.61. The quantitative estimate of drug-likeness (QED) is 0.582. The number of para-hydroxylation sites is 1. The average Bonchev–Trinajstić information content (AvgIpc) is 2.73. The van der Waals surface area contributed by atoms with Crippen LogP contribution in [0.1, 0.15) is 44.7 Å². The van der Waals surface area contributed by atoms with Gasteiger partial charge in [-0.3, -0.25) is 25.2 Å². The molecule has 2 rings (SSSR count). The molecule has 3 N–H and O–H groups in total. The normalized spacial score (nSPS) is 10.8. The number of ether oxygens (including phenoxy) is 1. The molecule has 0 aliphatic rings. The van der Waals surface area contributed by atoms with E-state index in [-0.39, 0.29) is 30.8 Å². The zero-order valence-electron chi connectivity index (χ0n) is 17.7. The summed E-state index contributed by atoms with van der Waals surface area (Å²) in [5.41, 5.74) is 6.44. The second-order valence-corrected chi connectivity index (χ2v) is 7.89. The van der Waals surface area contributed by atoms with E-state index in [1.54, 1.807) is 6.07 Å². The maximum atomic E-state index is 11.9. The van der Waals surface area contributed by atoms with Gasteiger partial charge >= 0.3 is 0 Å². The summed E-state index contributed by atoms with van der Waals surface area (Å²) >= 11 is 0. The molecule has 0 spiro atoms. The van der Waals surface area contributed by atoms with Crippen molar-refractivity contribution in [2.45, 2.75) is 45.6 Å². The Morgan fingerprint density at radius 2 is 1.40 bits per heavy atom. The first-order chi connectivity index (χ1) is 14.3. The first kappa shape index (κ1) is 22.9. The van der Waals surface area contributed by atoms with Crippen LogP contribution >= 0.6 is 0 Å². The number of rotatable bonds is 8. The maximum Gasteiger partial charge on any atom is 0.276 e. The van der Waals surface area contributed by atoms with Gasteiger partial charge < -0.3 is 10.1 Å². The third kappa shape index (κ3) is 7.95. The molecule has 3 amide bonds. The number of carbonyl (C=O) groups is 3. The Labute approximate surface area is 177 Å². The Balaban J connectivity index is 1.66. The highest BCUT2D eigenvalue weighted by molar-refractivity contribution is 5.86. The van der Waals surface area contributed by atoms with Crippen LogP contribution in [0.15, 0.2) is 54.6 Å². The number of hydrazine groups is 1. The van der Waals surface area contributed by atoms with Crippen molar-refractivity contribution in [1.29, 1.82) is 0 Å². The van der Waals surface area contributed by atoms with E-state index in [9.17, 15) is 14.4 Å². The summed E-state index contributed by atoms with van der Waals surface area (Å²) in [7, 11) is 0. The third-order valence-corrected chi connectivity index (χ3v) is 4.31. The molecule has 7 nitrogen and oxygen atoms in total. The molecule has 0 atom stereocenters. The van der Waals surface area contributed by atoms with E-state index in [0.29, 0.717) is 12.3 Å². The van der Waals surface area contributed by atoms with Crippen LogP contribution in [-0.2, 0) is 26.3 Å². The molecule has 0 aromatic heterocycles. The van der Waals surface area contributed by atoms with E-state index in [1.807, 2.05) is 48.5 Å². The molecule has 0 aliphatic carbocycles. The molecular formula is C23H29N3O4. The van der Waals surface area contributed by atoms with Crippen LogP contribution in [0.5, 0.6) is 5.75 Å². The van der Waals surface area contributed by atoms with E-state index in [1.165, 1.54) is 0 Å². The average molecular weight is 412 g/mol. The molecule has 2 aromatic rings. The Kier molecular flexibility index (Phi) is 8.41. The SMILES string of the molecule is CC(C)(C)c1ccccc1OCC(=O)NNC(=O)CCC(=O)NCc1ccccc1. The molecule has 0 saturated carbocycles. The van der Waals surface area contributed by atoms with Crippen LogP contribution in [0.25, 0.3) is 0 Å². The predicted molar refractivity (Wildman–Crippen MR) is 114 cm³/mol. The number of hydrogen-bond acceptors (Lipinski definition) is 4. The number of carbonyl (C=O) groups excluding carboxylic acids is 3. The van der Waals surface area contributed by atoms with Gasteiger partial charge in [0.1, 0.15) is 5.75 Å². The lowest BCUT2D eigenvalue weighted by atomic mass is 9.86. The molecule has 0 bridgehead atoms. The summed E-state index contributed by atoms with van der Waals surface area (Å²) in [4.78, 5) is 35.6. The summed E-state index contributed by atoms with van der Waals surface area (Å²) < 4.78 is 5.60. The van der Waals surface area contributed by atoms with Gasteiger partial charge in [0, 0.05) is 19.4 Å². The van der Waals surface area contributed by atoms with Gasteiger partial charge in [0.15, 0.2) is 6.61 Å². The van der Waals surface area contributed by atoms with Crippen molar-refractivity contribution in [3.8, 4) is 5.75 Å². The van der Waals surface area contributed by atoms with E-state index in [4.69, 9.17) is 4.74 Å². The lowest BCUT2D eigenvalue weighted by Gasteiger charge is -2.22. The molecule has 0 unspecified atom stereocenters. The fourth-order valence-corrected chi connectivity index (χ4v) is 2.71. The van der Waals surface area contributed by atoms with Gasteiger partial charge in [-0.15, -0.1) is 0 Å². The van der Waals surface area contributed by atoms with E-state index >= 15 is 0 Å². The van der Waals surface area contributed by atoms with Crippen molar-refractivity contribution in [2.24, 2.45) is 0 Å². The molecule has 0 aliphatic heterocycles. The van der Waals surface area contributed by atoms with Gasteiger partial charge in [0.05, 0.1) is 0 Å². The Morgan fingerprint density at radius 1 is 0.800 bits per heavy atom. The minimum absolute atomic E-state index is 0.0317. The van der Waals surface area contributed by atoms with Gasteiger partial charge in [-0.25, -0.2) is 0 Å². The molecule has 0 saturated heterocycles. The van der Waals surface area contributed by atoms with Crippen molar-refractivity contribution < 1.29 is 19.1 Å². The minimum Gasteiger partial charge on any atom is -0.483 e. The maximum absolute atomic E-state index is 11.9. The van der Waals surface area contributed by atoms with Gasteiger partial charge in [0.2, 0.25) is 11.8 Å². The van der Waals surface area contributed by atoms with Gasteiger partial charge in [-0.2, -0.15) is 0 Å². The van der Waals surface area contributed by atoms with Crippen LogP contribution < -0.4 is 20.9 Å². The lowest BCUT2D eigenvalue weighted by molar-refractivity contribution is -0.131. The first-order valence-corrected chi connectivity index (χ1v) is 9.86. The number of hydrogen-bond donors (Lipinski definition) is 3. The molecule has 7 heteroatoms. The lowest BCUT2D eigenvalue weighted by Crippen LogP contribution is -2.44. The summed E-state index contributed by atoms with van der Waals surface area (Å²) in [6.07, 6.45) is -0.00138. The van der Waals surface area contributed by atoms with Gasteiger partial charge in [-0.05, 0) is 22.6 Å². The number of benzene rings is 2. The van der Waals surface area contributed by atoms with Crippen LogP contribution in [0.2, 0.25) is 0 Å². The van der Waals surface area contributed by atoms with Crippen molar-refractivity contribution in [1.82, 2.24) is 16.2 Å². The van der Waals surface area contributed by atoms with Crippen LogP contribution in [-0.4, -0.2) is 24.3 Å². The van der Waals surface area contributed by atoms with Crippen LogP contribution in [0.4, 0.5) is 0 Å². The minimum atomic E-state index is -0.486. The monoisotopic (exact) mass is 411 g/mol.